The first-order valence-electron chi connectivity index (χ1n) is 13.8. The third-order valence-electron chi connectivity index (χ3n) is 7.40. The van der Waals surface area contributed by atoms with Crippen LogP contribution in [0.5, 0.6) is 5.75 Å². The van der Waals surface area contributed by atoms with Gasteiger partial charge in [0.15, 0.2) is 6.61 Å². The Morgan fingerprint density at radius 1 is 0.756 bits per heavy atom. The lowest BCUT2D eigenvalue weighted by molar-refractivity contribution is -0.118. The summed E-state index contributed by atoms with van der Waals surface area (Å²) in [5.74, 6) is 0.383. The maximum Gasteiger partial charge on any atom is 0.262 e. The second-order valence-corrected chi connectivity index (χ2v) is 12.2. The van der Waals surface area contributed by atoms with Crippen molar-refractivity contribution in [1.29, 1.82) is 0 Å². The van der Waals surface area contributed by atoms with Crippen molar-refractivity contribution in [2.75, 3.05) is 38.1 Å². The van der Waals surface area contributed by atoms with Gasteiger partial charge in [0.25, 0.3) is 5.91 Å². The van der Waals surface area contributed by atoms with Crippen LogP contribution in [0.1, 0.15) is 28.3 Å². The lowest BCUT2D eigenvalue weighted by atomic mass is 9.96. The number of aryl methyl sites for hydroxylation is 2. The monoisotopic (exact) mass is 569 g/mol. The fourth-order valence-electron chi connectivity index (χ4n) is 5.31. The highest BCUT2D eigenvalue weighted by molar-refractivity contribution is 7.89. The van der Waals surface area contributed by atoms with E-state index in [4.69, 9.17) is 4.74 Å². The van der Waals surface area contributed by atoms with Crippen molar-refractivity contribution in [3.8, 4) is 5.75 Å². The van der Waals surface area contributed by atoms with Gasteiger partial charge >= 0.3 is 0 Å². The summed E-state index contributed by atoms with van der Waals surface area (Å²) in [4.78, 5) is 15.0. The van der Waals surface area contributed by atoms with Gasteiger partial charge in [0, 0.05) is 31.9 Å². The molecule has 0 radical (unpaired) electrons. The van der Waals surface area contributed by atoms with Gasteiger partial charge in [-0.2, -0.15) is 4.31 Å². The summed E-state index contributed by atoms with van der Waals surface area (Å²) in [6.45, 7) is 5.75. The quantitative estimate of drug-likeness (QED) is 0.291. The number of piperazine rings is 1. The van der Waals surface area contributed by atoms with E-state index in [1.54, 1.807) is 28.6 Å². The van der Waals surface area contributed by atoms with E-state index in [0.29, 0.717) is 37.6 Å². The Hall–Kier alpha value is -3.98. The van der Waals surface area contributed by atoms with Gasteiger partial charge in [-0.25, -0.2) is 8.42 Å². The average molecular weight is 570 g/mol. The predicted molar refractivity (Wildman–Crippen MR) is 162 cm³/mol. The molecule has 212 valence electrons. The van der Waals surface area contributed by atoms with Crippen LogP contribution in [0.4, 0.5) is 5.69 Å². The fourth-order valence-corrected chi connectivity index (χ4v) is 6.73. The molecular formula is C33H35N3O4S. The predicted octanol–water partition coefficient (Wildman–Crippen LogP) is 5.42. The van der Waals surface area contributed by atoms with Crippen LogP contribution in [0.3, 0.4) is 0 Å². The molecule has 0 atom stereocenters. The Morgan fingerprint density at radius 3 is 1.83 bits per heavy atom. The molecular weight excluding hydrogens is 534 g/mol. The number of amides is 1. The maximum atomic E-state index is 13.5. The number of nitrogens with zero attached hydrogens (tertiary/aromatic N) is 2. The van der Waals surface area contributed by atoms with Crippen molar-refractivity contribution in [2.24, 2.45) is 0 Å². The van der Waals surface area contributed by atoms with E-state index >= 15 is 0 Å². The molecule has 0 spiro atoms. The molecule has 5 rings (SSSR count). The van der Waals surface area contributed by atoms with Gasteiger partial charge in [-0.15, -0.1) is 0 Å². The third kappa shape index (κ3) is 6.68. The first kappa shape index (κ1) is 28.5. The number of carbonyl (C=O) groups is 1. The molecule has 1 aliphatic heterocycles. The van der Waals surface area contributed by atoms with Crippen LogP contribution in [0.15, 0.2) is 108 Å². The molecule has 1 heterocycles. The number of hydrogen-bond donors (Lipinski definition) is 1. The van der Waals surface area contributed by atoms with Crippen LogP contribution in [0.2, 0.25) is 0 Å². The summed E-state index contributed by atoms with van der Waals surface area (Å²) in [5.41, 5.74) is 4.81. The second kappa shape index (κ2) is 12.7. The number of nitrogens with one attached hydrogen (secondary N) is 1. The minimum Gasteiger partial charge on any atom is -0.483 e. The van der Waals surface area contributed by atoms with Crippen molar-refractivity contribution in [3.63, 3.8) is 0 Å². The van der Waals surface area contributed by atoms with Crippen LogP contribution in [-0.4, -0.2) is 56.3 Å². The number of para-hydroxylation sites is 1. The summed E-state index contributed by atoms with van der Waals surface area (Å²) in [6.07, 6.45) is 0. The summed E-state index contributed by atoms with van der Waals surface area (Å²) in [7, 11) is -3.67. The molecule has 0 unspecified atom stereocenters. The van der Waals surface area contributed by atoms with Crippen molar-refractivity contribution in [3.05, 3.63) is 125 Å². The number of carbonyl (C=O) groups excluding carboxylic acids is 1. The van der Waals surface area contributed by atoms with E-state index in [1.165, 1.54) is 11.1 Å². The third-order valence-corrected chi connectivity index (χ3v) is 9.31. The molecule has 1 N–H and O–H groups in total. The zero-order chi connectivity index (χ0) is 28.8. The number of sulfonamides is 1. The zero-order valence-electron chi connectivity index (χ0n) is 23.4. The van der Waals surface area contributed by atoms with E-state index in [2.05, 4.69) is 34.5 Å². The second-order valence-electron chi connectivity index (χ2n) is 10.2. The first-order valence-corrected chi connectivity index (χ1v) is 15.2. The number of anilines is 1. The van der Waals surface area contributed by atoms with Crippen molar-refractivity contribution in [1.82, 2.24) is 9.21 Å². The smallest absolute Gasteiger partial charge is 0.262 e. The summed E-state index contributed by atoms with van der Waals surface area (Å²) in [6, 6.07) is 32.8. The largest absolute Gasteiger partial charge is 0.483 e. The van der Waals surface area contributed by atoms with E-state index in [1.807, 2.05) is 68.4 Å². The molecule has 0 aromatic heterocycles. The van der Waals surface area contributed by atoms with Gasteiger partial charge in [0.1, 0.15) is 5.75 Å². The van der Waals surface area contributed by atoms with Gasteiger partial charge in [0.05, 0.1) is 10.9 Å². The number of rotatable bonds is 9. The standard InChI is InChI=1S/C33H35N3O4S/c1-25-10-9-11-26(2)33(25)40-24-31(37)34-29-16-18-30(19-17-29)41(38,39)36-22-20-35(21-23-36)32(27-12-5-3-6-13-27)28-14-7-4-8-15-28/h3-19,32H,20-24H2,1-2H3,(H,34,37). The van der Waals surface area contributed by atoms with Gasteiger partial charge in [-0.1, -0.05) is 78.9 Å². The Morgan fingerprint density at radius 2 is 1.29 bits per heavy atom. The lowest BCUT2D eigenvalue weighted by Gasteiger charge is -2.39. The van der Waals surface area contributed by atoms with Crippen LogP contribution >= 0.6 is 0 Å². The van der Waals surface area contributed by atoms with Crippen LogP contribution < -0.4 is 10.1 Å². The molecule has 8 heteroatoms. The van der Waals surface area contributed by atoms with E-state index in [-0.39, 0.29) is 23.5 Å². The minimum atomic E-state index is -3.67. The number of benzene rings is 4. The molecule has 7 nitrogen and oxygen atoms in total. The highest BCUT2D eigenvalue weighted by Crippen LogP contribution is 2.30. The Kier molecular flexibility index (Phi) is 8.83. The molecule has 1 amide bonds. The molecule has 0 saturated carbocycles. The normalized spacial score (nSPS) is 14.6. The van der Waals surface area contributed by atoms with Crippen LogP contribution in [0.25, 0.3) is 0 Å². The van der Waals surface area contributed by atoms with Crippen LogP contribution in [0, 0.1) is 13.8 Å². The van der Waals surface area contributed by atoms with Gasteiger partial charge in [0.2, 0.25) is 10.0 Å². The van der Waals surface area contributed by atoms with E-state index in [0.717, 1.165) is 11.1 Å². The van der Waals surface area contributed by atoms with Gasteiger partial charge in [-0.3, -0.25) is 9.69 Å². The van der Waals surface area contributed by atoms with E-state index in [9.17, 15) is 13.2 Å². The van der Waals surface area contributed by atoms with Gasteiger partial charge < -0.3 is 10.1 Å². The van der Waals surface area contributed by atoms with Crippen molar-refractivity contribution >= 4 is 21.6 Å². The lowest BCUT2D eigenvalue weighted by Crippen LogP contribution is -2.49. The average Bonchev–Trinajstić information content (AvgIpc) is 2.99. The summed E-state index contributed by atoms with van der Waals surface area (Å²) < 4.78 is 34.2. The Bertz CT molecular complexity index is 1510. The molecule has 4 aromatic rings. The maximum absolute atomic E-state index is 13.5. The highest BCUT2D eigenvalue weighted by Gasteiger charge is 2.32. The Labute approximate surface area is 242 Å². The van der Waals surface area contributed by atoms with Crippen molar-refractivity contribution < 1.29 is 17.9 Å². The zero-order valence-corrected chi connectivity index (χ0v) is 24.2. The fraction of sp³-hybridized carbons (Fsp3) is 0.242. The number of hydrogen-bond acceptors (Lipinski definition) is 5. The minimum absolute atomic E-state index is 0.0591. The van der Waals surface area contributed by atoms with Crippen molar-refractivity contribution in [2.45, 2.75) is 24.8 Å². The molecule has 1 fully saturated rings. The molecule has 1 saturated heterocycles. The summed E-state index contributed by atoms with van der Waals surface area (Å²) >= 11 is 0. The van der Waals surface area contributed by atoms with Gasteiger partial charge in [-0.05, 0) is 60.4 Å². The molecule has 4 aromatic carbocycles. The number of ether oxygens (including phenoxy) is 1. The summed E-state index contributed by atoms with van der Waals surface area (Å²) in [5, 5.41) is 2.78. The molecule has 0 bridgehead atoms. The highest BCUT2D eigenvalue weighted by atomic mass is 32.2. The SMILES string of the molecule is Cc1cccc(C)c1OCC(=O)Nc1ccc(S(=O)(=O)N2CCN(C(c3ccccc3)c3ccccc3)CC2)cc1. The Balaban J connectivity index is 1.20. The van der Waals surface area contributed by atoms with Crippen LogP contribution in [-0.2, 0) is 14.8 Å². The first-order chi connectivity index (χ1) is 19.8. The topological polar surface area (TPSA) is 78.9 Å². The molecule has 41 heavy (non-hydrogen) atoms. The van der Waals surface area contributed by atoms with E-state index < -0.39 is 10.0 Å². The molecule has 0 aliphatic carbocycles. The molecule has 1 aliphatic rings.